The van der Waals surface area contributed by atoms with Gasteiger partial charge >= 0.3 is 0 Å². The number of aryl methyl sites for hydroxylation is 1. The first-order chi connectivity index (χ1) is 4.61. The summed E-state index contributed by atoms with van der Waals surface area (Å²) in [5.41, 5.74) is 6.36. The minimum Gasteiger partial charge on any atom is -0.384 e. The average Bonchev–Trinajstić information content (AvgIpc) is 1.82. The topological polar surface area (TPSA) is 38.9 Å². The summed E-state index contributed by atoms with van der Waals surface area (Å²) in [5.74, 6) is 0.480. The Kier molecular flexibility index (Phi) is 2.16. The van der Waals surface area contributed by atoms with Gasteiger partial charge < -0.3 is 5.73 Å². The first kappa shape index (κ1) is 7.82. The molecule has 0 aliphatic heterocycles. The molecule has 10 heavy (non-hydrogen) atoms. The van der Waals surface area contributed by atoms with Crippen molar-refractivity contribution in [1.82, 2.24) is 4.98 Å². The van der Waals surface area contributed by atoms with Crippen LogP contribution in [-0.4, -0.2) is 4.98 Å². The lowest BCUT2D eigenvalue weighted by molar-refractivity contribution is 1.25. The van der Waals surface area contributed by atoms with Crippen molar-refractivity contribution in [3.63, 3.8) is 0 Å². The maximum atomic E-state index is 5.78. The molecule has 0 radical (unpaired) electrons. The van der Waals surface area contributed by atoms with Crippen molar-refractivity contribution in [2.75, 3.05) is 5.73 Å². The zero-order valence-corrected chi connectivity index (χ0v) is 7.70. The van der Waals surface area contributed by atoms with Crippen LogP contribution in [0.3, 0.4) is 0 Å². The summed E-state index contributed by atoms with van der Waals surface area (Å²) in [6.45, 7) is 1.88. The molecule has 0 bridgehead atoms. The van der Waals surface area contributed by atoms with Crippen LogP contribution in [0.4, 0.5) is 5.82 Å². The van der Waals surface area contributed by atoms with Crippen molar-refractivity contribution in [2.24, 2.45) is 0 Å². The second kappa shape index (κ2) is 2.76. The predicted molar refractivity (Wildman–Crippen MR) is 46.1 cm³/mol. The molecule has 54 valence electrons. The van der Waals surface area contributed by atoms with Crippen LogP contribution in [0.2, 0.25) is 5.02 Å². The highest BCUT2D eigenvalue weighted by molar-refractivity contribution is 9.10. The summed E-state index contributed by atoms with van der Waals surface area (Å²) >= 11 is 8.96. The molecule has 4 heteroatoms. The summed E-state index contributed by atoms with van der Waals surface area (Å²) in [4.78, 5) is 3.90. The highest BCUT2D eigenvalue weighted by atomic mass is 79.9. The molecule has 0 spiro atoms. The summed E-state index contributed by atoms with van der Waals surface area (Å²) in [5, 5.41) is 0.620. The van der Waals surface area contributed by atoms with Gasteiger partial charge in [-0.25, -0.2) is 4.98 Å². The van der Waals surface area contributed by atoms with Gasteiger partial charge in [0.15, 0.2) is 0 Å². The molecule has 0 unspecified atom stereocenters. The number of halogens is 2. The lowest BCUT2D eigenvalue weighted by Gasteiger charge is -2.00. The van der Waals surface area contributed by atoms with E-state index in [1.165, 1.54) is 0 Å². The van der Waals surface area contributed by atoms with E-state index in [4.69, 9.17) is 17.3 Å². The van der Waals surface area contributed by atoms with Gasteiger partial charge in [-0.2, -0.15) is 0 Å². The molecule has 0 fully saturated rings. The van der Waals surface area contributed by atoms with Crippen LogP contribution in [-0.2, 0) is 0 Å². The smallest absolute Gasteiger partial charge is 0.127 e. The Morgan fingerprint density at radius 3 is 2.80 bits per heavy atom. The molecule has 0 aromatic carbocycles. The summed E-state index contributed by atoms with van der Waals surface area (Å²) in [7, 11) is 0. The van der Waals surface area contributed by atoms with Crippen molar-refractivity contribution in [3.8, 4) is 0 Å². The number of nitrogen functional groups attached to an aromatic ring is 1. The first-order valence-electron chi connectivity index (χ1n) is 2.69. The van der Waals surface area contributed by atoms with E-state index in [2.05, 4.69) is 20.9 Å². The quantitative estimate of drug-likeness (QED) is 0.683. The number of rotatable bonds is 0. The molecule has 2 N–H and O–H groups in total. The van der Waals surface area contributed by atoms with E-state index in [0.717, 1.165) is 5.56 Å². The molecular weight excluding hydrogens is 215 g/mol. The molecular formula is C6H6BrClN2. The standard InChI is InChI=1S/C6H6BrClN2/c1-3-2-4(9)10-6(7)5(3)8/h2H,1H3,(H2,9,10). The molecule has 1 aromatic rings. The van der Waals surface area contributed by atoms with Gasteiger partial charge in [0, 0.05) is 0 Å². The van der Waals surface area contributed by atoms with Gasteiger partial charge in [-0.1, -0.05) is 11.6 Å². The second-order valence-electron chi connectivity index (χ2n) is 1.97. The maximum Gasteiger partial charge on any atom is 0.127 e. The number of nitrogens with zero attached hydrogens (tertiary/aromatic N) is 1. The van der Waals surface area contributed by atoms with E-state index in [1.54, 1.807) is 6.07 Å². The minimum absolute atomic E-state index is 0.480. The fourth-order valence-electron chi connectivity index (χ4n) is 0.643. The molecule has 0 atom stereocenters. The third-order valence-corrected chi connectivity index (χ3v) is 2.40. The molecule has 0 aliphatic rings. The Hall–Kier alpha value is -0.280. The summed E-state index contributed by atoms with van der Waals surface area (Å²) in [6, 6.07) is 1.73. The molecule has 0 aliphatic carbocycles. The number of aromatic nitrogens is 1. The third kappa shape index (κ3) is 1.41. The van der Waals surface area contributed by atoms with E-state index >= 15 is 0 Å². The molecule has 0 saturated heterocycles. The number of hydrogen-bond donors (Lipinski definition) is 1. The fraction of sp³-hybridized carbons (Fsp3) is 0.167. The van der Waals surface area contributed by atoms with E-state index < -0.39 is 0 Å². The molecule has 2 nitrogen and oxygen atoms in total. The van der Waals surface area contributed by atoms with Crippen molar-refractivity contribution in [2.45, 2.75) is 6.92 Å². The Bertz CT molecular complexity index is 239. The van der Waals surface area contributed by atoms with Crippen molar-refractivity contribution in [1.29, 1.82) is 0 Å². The lowest BCUT2D eigenvalue weighted by atomic mass is 10.3. The van der Waals surface area contributed by atoms with Crippen molar-refractivity contribution < 1.29 is 0 Å². The van der Waals surface area contributed by atoms with Gasteiger partial charge in [-0.05, 0) is 34.5 Å². The lowest BCUT2D eigenvalue weighted by Crippen LogP contribution is -1.92. The molecule has 0 saturated carbocycles. The first-order valence-corrected chi connectivity index (χ1v) is 3.86. The second-order valence-corrected chi connectivity index (χ2v) is 3.10. The molecule has 1 aromatic heterocycles. The number of hydrogen-bond acceptors (Lipinski definition) is 2. The number of pyridine rings is 1. The zero-order chi connectivity index (χ0) is 7.72. The number of anilines is 1. The predicted octanol–water partition coefficient (Wildman–Crippen LogP) is 2.39. The Morgan fingerprint density at radius 2 is 2.30 bits per heavy atom. The van der Waals surface area contributed by atoms with Gasteiger partial charge in [0.25, 0.3) is 0 Å². The highest BCUT2D eigenvalue weighted by Crippen LogP contribution is 2.24. The molecule has 1 rings (SSSR count). The van der Waals surface area contributed by atoms with Crippen LogP contribution in [0.15, 0.2) is 10.7 Å². The van der Waals surface area contributed by atoms with E-state index in [1.807, 2.05) is 6.92 Å². The van der Waals surface area contributed by atoms with Crippen LogP contribution in [0.5, 0.6) is 0 Å². The minimum atomic E-state index is 0.480. The summed E-state index contributed by atoms with van der Waals surface area (Å²) < 4.78 is 0.603. The zero-order valence-electron chi connectivity index (χ0n) is 5.36. The Balaban J connectivity index is 3.31. The van der Waals surface area contributed by atoms with E-state index in [0.29, 0.717) is 15.4 Å². The van der Waals surface area contributed by atoms with Gasteiger partial charge in [0.2, 0.25) is 0 Å². The van der Waals surface area contributed by atoms with Crippen LogP contribution >= 0.6 is 27.5 Å². The third-order valence-electron chi connectivity index (χ3n) is 1.12. The van der Waals surface area contributed by atoms with Gasteiger partial charge in [-0.3, -0.25) is 0 Å². The maximum absolute atomic E-state index is 5.78. The van der Waals surface area contributed by atoms with Gasteiger partial charge in [-0.15, -0.1) is 0 Å². The average molecular weight is 221 g/mol. The van der Waals surface area contributed by atoms with Crippen LogP contribution in [0, 0.1) is 6.92 Å². The highest BCUT2D eigenvalue weighted by Gasteiger charge is 2.01. The van der Waals surface area contributed by atoms with Gasteiger partial charge in [0.1, 0.15) is 10.4 Å². The van der Waals surface area contributed by atoms with Crippen molar-refractivity contribution >= 4 is 33.3 Å². The largest absolute Gasteiger partial charge is 0.384 e. The summed E-state index contributed by atoms with van der Waals surface area (Å²) in [6.07, 6.45) is 0. The SMILES string of the molecule is Cc1cc(N)nc(Br)c1Cl. The van der Waals surface area contributed by atoms with Crippen molar-refractivity contribution in [3.05, 3.63) is 21.3 Å². The molecule has 0 amide bonds. The monoisotopic (exact) mass is 220 g/mol. The Morgan fingerprint density at radius 1 is 1.70 bits per heavy atom. The fourth-order valence-corrected chi connectivity index (χ4v) is 1.26. The number of nitrogens with two attached hydrogens (primary N) is 1. The normalized spacial score (nSPS) is 9.90. The van der Waals surface area contributed by atoms with Gasteiger partial charge in [0.05, 0.1) is 5.02 Å². The van der Waals surface area contributed by atoms with Crippen LogP contribution in [0.25, 0.3) is 0 Å². The molecule has 1 heterocycles. The van der Waals surface area contributed by atoms with Crippen LogP contribution in [0.1, 0.15) is 5.56 Å². The van der Waals surface area contributed by atoms with Crippen LogP contribution < -0.4 is 5.73 Å². The van der Waals surface area contributed by atoms with E-state index in [9.17, 15) is 0 Å². The Labute approximate surface area is 72.5 Å². The van der Waals surface area contributed by atoms with E-state index in [-0.39, 0.29) is 0 Å².